The Labute approximate surface area is 138 Å². The van der Waals surface area contributed by atoms with Gasteiger partial charge in [0.15, 0.2) is 5.96 Å². The van der Waals surface area contributed by atoms with Crippen LogP contribution < -0.4 is 10.6 Å². The number of carbonyl (C=O) groups excluding carboxylic acids is 1. The Morgan fingerprint density at radius 2 is 2.09 bits per heavy atom. The predicted molar refractivity (Wildman–Crippen MR) is 93.7 cm³/mol. The van der Waals surface area contributed by atoms with Crippen molar-refractivity contribution in [2.75, 3.05) is 44.8 Å². The first-order valence-corrected chi connectivity index (χ1v) is 9.56. The number of piperidine rings is 1. The van der Waals surface area contributed by atoms with Crippen molar-refractivity contribution in [3.05, 3.63) is 0 Å². The zero-order valence-electron chi connectivity index (χ0n) is 14.1. The van der Waals surface area contributed by atoms with Crippen LogP contribution in [0.3, 0.4) is 0 Å². The van der Waals surface area contributed by atoms with Gasteiger partial charge in [0.25, 0.3) is 0 Å². The smallest absolute Gasteiger partial charge is 0.409 e. The Kier molecular flexibility index (Phi) is 9.86. The topological polar surface area (TPSA) is 66.0 Å². The summed E-state index contributed by atoms with van der Waals surface area (Å²) in [7, 11) is 0. The SMILES string of the molecule is CCNC(=NCCCSC)NC1CCN(C(=O)OCC)CC1. The van der Waals surface area contributed by atoms with Gasteiger partial charge in [-0.2, -0.15) is 11.8 Å². The minimum atomic E-state index is -0.196. The molecule has 7 heteroatoms. The van der Waals surface area contributed by atoms with E-state index in [0.29, 0.717) is 12.6 Å². The lowest BCUT2D eigenvalue weighted by Crippen LogP contribution is -2.49. The van der Waals surface area contributed by atoms with E-state index >= 15 is 0 Å². The van der Waals surface area contributed by atoms with Gasteiger partial charge < -0.3 is 20.3 Å². The Bertz CT molecular complexity index is 344. The van der Waals surface area contributed by atoms with Gasteiger partial charge in [0.2, 0.25) is 0 Å². The average molecular weight is 330 g/mol. The van der Waals surface area contributed by atoms with Crippen molar-refractivity contribution < 1.29 is 9.53 Å². The molecule has 22 heavy (non-hydrogen) atoms. The van der Waals surface area contributed by atoms with Gasteiger partial charge >= 0.3 is 6.09 Å². The number of ether oxygens (including phenoxy) is 1. The number of hydrogen-bond donors (Lipinski definition) is 2. The van der Waals surface area contributed by atoms with Gasteiger partial charge in [0, 0.05) is 32.2 Å². The van der Waals surface area contributed by atoms with Gasteiger partial charge in [0.05, 0.1) is 6.61 Å². The van der Waals surface area contributed by atoms with E-state index in [-0.39, 0.29) is 6.09 Å². The zero-order valence-corrected chi connectivity index (χ0v) is 14.9. The highest BCUT2D eigenvalue weighted by Crippen LogP contribution is 2.11. The van der Waals surface area contributed by atoms with Crippen LogP contribution in [0.1, 0.15) is 33.1 Å². The number of nitrogens with zero attached hydrogens (tertiary/aromatic N) is 2. The van der Waals surface area contributed by atoms with Crippen molar-refractivity contribution in [1.29, 1.82) is 0 Å². The molecule has 6 nitrogen and oxygen atoms in total. The monoisotopic (exact) mass is 330 g/mol. The lowest BCUT2D eigenvalue weighted by Gasteiger charge is -2.32. The van der Waals surface area contributed by atoms with Crippen molar-refractivity contribution in [2.24, 2.45) is 4.99 Å². The van der Waals surface area contributed by atoms with Crippen LogP contribution in [0, 0.1) is 0 Å². The molecule has 1 saturated heterocycles. The molecule has 0 atom stereocenters. The average Bonchev–Trinajstić information content (AvgIpc) is 2.52. The van der Waals surface area contributed by atoms with Crippen LogP contribution in [-0.2, 0) is 4.74 Å². The minimum absolute atomic E-state index is 0.196. The molecule has 0 aromatic rings. The van der Waals surface area contributed by atoms with Gasteiger partial charge in [-0.1, -0.05) is 0 Å². The largest absolute Gasteiger partial charge is 0.450 e. The minimum Gasteiger partial charge on any atom is -0.450 e. The van der Waals surface area contributed by atoms with E-state index in [1.807, 2.05) is 18.7 Å². The summed E-state index contributed by atoms with van der Waals surface area (Å²) in [4.78, 5) is 18.1. The van der Waals surface area contributed by atoms with E-state index in [4.69, 9.17) is 4.74 Å². The number of thioether (sulfide) groups is 1. The molecule has 1 heterocycles. The molecular weight excluding hydrogens is 300 g/mol. The summed E-state index contributed by atoms with van der Waals surface area (Å²) in [5.74, 6) is 2.03. The van der Waals surface area contributed by atoms with Crippen LogP contribution >= 0.6 is 11.8 Å². The highest BCUT2D eigenvalue weighted by atomic mass is 32.2. The molecule has 0 aliphatic carbocycles. The van der Waals surface area contributed by atoms with Crippen LogP contribution in [0.4, 0.5) is 4.79 Å². The summed E-state index contributed by atoms with van der Waals surface area (Å²) >= 11 is 1.85. The molecule has 0 aromatic carbocycles. The summed E-state index contributed by atoms with van der Waals surface area (Å²) in [6.45, 7) is 7.52. The fourth-order valence-corrected chi connectivity index (χ4v) is 2.75. The second kappa shape index (κ2) is 11.5. The van der Waals surface area contributed by atoms with Crippen LogP contribution in [0.15, 0.2) is 4.99 Å². The van der Waals surface area contributed by atoms with Gasteiger partial charge in [0.1, 0.15) is 0 Å². The third kappa shape index (κ3) is 7.24. The molecule has 0 radical (unpaired) electrons. The molecule has 0 bridgehead atoms. The molecule has 0 spiro atoms. The van der Waals surface area contributed by atoms with E-state index < -0.39 is 0 Å². The molecule has 1 aliphatic rings. The van der Waals surface area contributed by atoms with Crippen LogP contribution in [0.25, 0.3) is 0 Å². The van der Waals surface area contributed by atoms with Crippen molar-refractivity contribution in [1.82, 2.24) is 15.5 Å². The van der Waals surface area contributed by atoms with Gasteiger partial charge in [-0.25, -0.2) is 4.79 Å². The van der Waals surface area contributed by atoms with Crippen LogP contribution in [-0.4, -0.2) is 67.8 Å². The van der Waals surface area contributed by atoms with E-state index in [0.717, 1.165) is 57.2 Å². The third-order valence-corrected chi connectivity index (χ3v) is 4.18. The number of guanidine groups is 1. The zero-order chi connectivity index (χ0) is 16.2. The van der Waals surface area contributed by atoms with E-state index in [2.05, 4.69) is 28.8 Å². The summed E-state index contributed by atoms with van der Waals surface area (Å²) in [6.07, 6.45) is 4.87. The molecule has 1 rings (SSSR count). The Morgan fingerprint density at radius 3 is 2.68 bits per heavy atom. The van der Waals surface area contributed by atoms with Crippen molar-refractivity contribution >= 4 is 23.8 Å². The lowest BCUT2D eigenvalue weighted by atomic mass is 10.1. The number of amides is 1. The fraction of sp³-hybridized carbons (Fsp3) is 0.867. The predicted octanol–water partition coefficient (Wildman–Crippen LogP) is 1.92. The molecule has 0 aromatic heterocycles. The first-order chi connectivity index (χ1) is 10.7. The third-order valence-electron chi connectivity index (χ3n) is 3.48. The molecule has 0 saturated carbocycles. The maximum absolute atomic E-state index is 11.7. The number of hydrogen-bond acceptors (Lipinski definition) is 4. The van der Waals surface area contributed by atoms with Crippen LogP contribution in [0.5, 0.6) is 0 Å². The highest BCUT2D eigenvalue weighted by Gasteiger charge is 2.23. The normalized spacial score (nSPS) is 16.5. The molecule has 1 fully saturated rings. The van der Waals surface area contributed by atoms with E-state index in [1.165, 1.54) is 0 Å². The van der Waals surface area contributed by atoms with E-state index in [1.54, 1.807) is 4.90 Å². The van der Waals surface area contributed by atoms with Crippen molar-refractivity contribution in [3.63, 3.8) is 0 Å². The molecule has 1 aliphatic heterocycles. The molecule has 0 unspecified atom stereocenters. The molecule has 1 amide bonds. The second-order valence-electron chi connectivity index (χ2n) is 5.21. The number of aliphatic imine (C=N–C) groups is 1. The van der Waals surface area contributed by atoms with Crippen molar-refractivity contribution in [2.45, 2.75) is 39.2 Å². The first kappa shape index (κ1) is 18.9. The van der Waals surface area contributed by atoms with Crippen LogP contribution in [0.2, 0.25) is 0 Å². The van der Waals surface area contributed by atoms with Crippen molar-refractivity contribution in [3.8, 4) is 0 Å². The molecule has 128 valence electrons. The second-order valence-corrected chi connectivity index (χ2v) is 6.20. The highest BCUT2D eigenvalue weighted by molar-refractivity contribution is 7.98. The lowest BCUT2D eigenvalue weighted by molar-refractivity contribution is 0.0963. The Hall–Kier alpha value is -1.11. The summed E-state index contributed by atoms with van der Waals surface area (Å²) in [5.41, 5.74) is 0. The van der Waals surface area contributed by atoms with Gasteiger partial charge in [-0.3, -0.25) is 4.99 Å². The maximum Gasteiger partial charge on any atom is 0.409 e. The first-order valence-electron chi connectivity index (χ1n) is 8.16. The number of likely N-dealkylation sites (tertiary alicyclic amines) is 1. The molecule has 2 N–H and O–H groups in total. The summed E-state index contributed by atoms with van der Waals surface area (Å²) in [6, 6.07) is 0.365. The number of rotatable bonds is 7. The fourth-order valence-electron chi connectivity index (χ4n) is 2.33. The van der Waals surface area contributed by atoms with E-state index in [9.17, 15) is 4.79 Å². The number of carbonyl (C=O) groups is 1. The summed E-state index contributed by atoms with van der Waals surface area (Å²) in [5, 5.41) is 6.77. The molecular formula is C15H30N4O2S. The van der Waals surface area contributed by atoms with Gasteiger partial charge in [-0.05, 0) is 45.1 Å². The quantitative estimate of drug-likeness (QED) is 0.424. The maximum atomic E-state index is 11.7. The standard InChI is InChI=1S/C15H30N4O2S/c1-4-16-14(17-9-6-12-22-3)18-13-7-10-19(11-8-13)15(20)21-5-2/h13H,4-12H2,1-3H3,(H2,16,17,18). The number of nitrogens with one attached hydrogen (secondary N) is 2. The Balaban J connectivity index is 2.36. The Morgan fingerprint density at radius 1 is 1.36 bits per heavy atom. The summed E-state index contributed by atoms with van der Waals surface area (Å²) < 4.78 is 5.04. The van der Waals surface area contributed by atoms with Gasteiger partial charge in [-0.15, -0.1) is 0 Å².